The van der Waals surface area contributed by atoms with Crippen molar-refractivity contribution in [3.8, 4) is 28.5 Å². The quantitative estimate of drug-likeness (QED) is 0.401. The van der Waals surface area contributed by atoms with Gasteiger partial charge in [-0.1, -0.05) is 54.2 Å². The summed E-state index contributed by atoms with van der Waals surface area (Å²) in [5, 5.41) is 9.75. The van der Waals surface area contributed by atoms with Gasteiger partial charge in [0.15, 0.2) is 0 Å². The number of aromatic nitrogens is 1. The van der Waals surface area contributed by atoms with E-state index in [0.29, 0.717) is 27.4 Å². The average molecular weight is 406 g/mol. The Labute approximate surface area is 173 Å². The number of benzene rings is 2. The van der Waals surface area contributed by atoms with E-state index < -0.39 is 5.25 Å². The number of pyridine rings is 1. The molecule has 0 amide bonds. The summed E-state index contributed by atoms with van der Waals surface area (Å²) in [6, 6.07) is 19.6. The molecule has 0 unspecified atom stereocenters. The van der Waals surface area contributed by atoms with E-state index in [4.69, 9.17) is 4.74 Å². The summed E-state index contributed by atoms with van der Waals surface area (Å²) in [5.74, 6) is -0.716. The molecule has 4 nitrogen and oxygen atoms in total. The molecular weight excluding hydrogens is 387 g/mol. The molecule has 2 aromatic carbocycles. The van der Waals surface area contributed by atoms with Gasteiger partial charge < -0.3 is 4.74 Å². The van der Waals surface area contributed by atoms with Crippen LogP contribution in [0, 0.1) is 17.1 Å². The molecule has 0 fully saturated rings. The minimum absolute atomic E-state index is 0.285. The fourth-order valence-electron chi connectivity index (χ4n) is 2.80. The van der Waals surface area contributed by atoms with E-state index in [9.17, 15) is 14.4 Å². The molecule has 0 N–H and O–H groups in total. The third-order valence-corrected chi connectivity index (χ3v) is 5.29. The van der Waals surface area contributed by atoms with Crippen molar-refractivity contribution in [2.75, 3.05) is 6.61 Å². The van der Waals surface area contributed by atoms with Crippen molar-refractivity contribution in [1.82, 2.24) is 4.98 Å². The Kier molecular flexibility index (Phi) is 6.63. The second-order valence-corrected chi connectivity index (χ2v) is 7.56. The van der Waals surface area contributed by atoms with Gasteiger partial charge in [-0.05, 0) is 37.6 Å². The molecule has 0 aliphatic carbocycles. The van der Waals surface area contributed by atoms with Gasteiger partial charge in [0.05, 0.1) is 17.9 Å². The number of rotatable bonds is 6. The molecule has 29 heavy (non-hydrogen) atoms. The molecule has 0 aliphatic rings. The zero-order valence-electron chi connectivity index (χ0n) is 16.1. The number of carbonyl (C=O) groups is 1. The van der Waals surface area contributed by atoms with Gasteiger partial charge in [-0.15, -0.1) is 0 Å². The molecule has 0 aliphatic heterocycles. The first kappa shape index (κ1) is 20.6. The molecule has 3 aromatic rings. The van der Waals surface area contributed by atoms with Crippen molar-refractivity contribution < 1.29 is 13.9 Å². The Bertz CT molecular complexity index is 1050. The van der Waals surface area contributed by atoms with Gasteiger partial charge in [0.1, 0.15) is 22.2 Å². The molecule has 0 spiro atoms. The van der Waals surface area contributed by atoms with Gasteiger partial charge >= 0.3 is 5.97 Å². The second-order valence-electron chi connectivity index (χ2n) is 6.23. The Morgan fingerprint density at radius 3 is 2.48 bits per heavy atom. The van der Waals surface area contributed by atoms with Crippen LogP contribution in [-0.4, -0.2) is 22.8 Å². The third-order valence-electron chi connectivity index (χ3n) is 4.23. The van der Waals surface area contributed by atoms with Crippen LogP contribution in [0.2, 0.25) is 0 Å². The standard InChI is InChI=1S/C23H19FN2O2S/c1-3-28-23(27)15(2)29-22-20(14-25)19(16-9-11-18(24)12-10-16)13-21(26-22)17-7-5-4-6-8-17/h4-13,15H,3H2,1-2H3/t15-/m1/s1. The number of carbonyl (C=O) groups excluding carboxylic acids is 1. The van der Waals surface area contributed by atoms with Gasteiger partial charge in [0.25, 0.3) is 0 Å². The van der Waals surface area contributed by atoms with Crippen LogP contribution in [-0.2, 0) is 9.53 Å². The summed E-state index contributed by atoms with van der Waals surface area (Å²) in [6.45, 7) is 3.75. The lowest BCUT2D eigenvalue weighted by Gasteiger charge is -2.15. The summed E-state index contributed by atoms with van der Waals surface area (Å²) in [6.07, 6.45) is 0. The topological polar surface area (TPSA) is 63.0 Å². The van der Waals surface area contributed by atoms with Crippen LogP contribution in [0.25, 0.3) is 22.4 Å². The maximum atomic E-state index is 13.4. The summed E-state index contributed by atoms with van der Waals surface area (Å²) in [5.41, 5.74) is 3.24. The molecule has 0 radical (unpaired) electrons. The Morgan fingerprint density at radius 2 is 1.86 bits per heavy atom. The summed E-state index contributed by atoms with van der Waals surface area (Å²) < 4.78 is 18.5. The molecule has 0 saturated heterocycles. The van der Waals surface area contributed by atoms with Gasteiger partial charge in [-0.3, -0.25) is 4.79 Å². The number of hydrogen-bond acceptors (Lipinski definition) is 5. The molecule has 6 heteroatoms. The van der Waals surface area contributed by atoms with Crippen LogP contribution in [0.3, 0.4) is 0 Å². The highest BCUT2D eigenvalue weighted by molar-refractivity contribution is 8.00. The van der Waals surface area contributed by atoms with Crippen LogP contribution in [0.15, 0.2) is 65.7 Å². The second kappa shape index (κ2) is 9.35. The third kappa shape index (κ3) is 4.82. The van der Waals surface area contributed by atoms with E-state index in [1.807, 2.05) is 36.4 Å². The van der Waals surface area contributed by atoms with E-state index >= 15 is 0 Å². The van der Waals surface area contributed by atoms with Gasteiger partial charge in [-0.2, -0.15) is 5.26 Å². The molecule has 1 atom stereocenters. The molecule has 0 bridgehead atoms. The lowest BCUT2D eigenvalue weighted by atomic mass is 9.99. The largest absolute Gasteiger partial charge is 0.465 e. The predicted octanol–water partition coefficient (Wildman–Crippen LogP) is 5.47. The first-order valence-corrected chi connectivity index (χ1v) is 10.0. The summed E-state index contributed by atoms with van der Waals surface area (Å²) in [7, 11) is 0. The maximum absolute atomic E-state index is 13.4. The lowest BCUT2D eigenvalue weighted by molar-refractivity contribution is -0.142. The average Bonchev–Trinajstić information content (AvgIpc) is 2.74. The van der Waals surface area contributed by atoms with E-state index in [0.717, 1.165) is 5.56 Å². The van der Waals surface area contributed by atoms with Crippen molar-refractivity contribution in [1.29, 1.82) is 5.26 Å². The fraction of sp³-hybridized carbons (Fsp3) is 0.174. The Hall–Kier alpha value is -3.17. The minimum Gasteiger partial charge on any atom is -0.465 e. The van der Waals surface area contributed by atoms with Crippen LogP contribution >= 0.6 is 11.8 Å². The number of halogens is 1. The predicted molar refractivity (Wildman–Crippen MR) is 112 cm³/mol. The molecule has 1 heterocycles. The monoisotopic (exact) mass is 406 g/mol. The highest BCUT2D eigenvalue weighted by Crippen LogP contribution is 2.35. The zero-order chi connectivity index (χ0) is 20.8. The first-order valence-electron chi connectivity index (χ1n) is 9.13. The van der Waals surface area contributed by atoms with E-state index in [1.165, 1.54) is 23.9 Å². The van der Waals surface area contributed by atoms with Crippen molar-refractivity contribution in [3.63, 3.8) is 0 Å². The lowest BCUT2D eigenvalue weighted by Crippen LogP contribution is -2.17. The molecule has 1 aromatic heterocycles. The zero-order valence-corrected chi connectivity index (χ0v) is 16.9. The van der Waals surface area contributed by atoms with E-state index in [2.05, 4.69) is 11.1 Å². The highest BCUT2D eigenvalue weighted by atomic mass is 32.2. The normalized spacial score (nSPS) is 11.5. The smallest absolute Gasteiger partial charge is 0.319 e. The first-order chi connectivity index (χ1) is 14.0. The molecular formula is C23H19FN2O2S. The number of nitriles is 1. The number of thioether (sulfide) groups is 1. The van der Waals surface area contributed by atoms with Gasteiger partial charge in [0, 0.05) is 11.1 Å². The van der Waals surface area contributed by atoms with Crippen LogP contribution in [0.5, 0.6) is 0 Å². The maximum Gasteiger partial charge on any atom is 0.319 e. The molecule has 3 rings (SSSR count). The Balaban J connectivity index is 2.15. The van der Waals surface area contributed by atoms with Crippen LogP contribution < -0.4 is 0 Å². The number of esters is 1. The number of ether oxygens (including phenoxy) is 1. The van der Waals surface area contributed by atoms with Crippen molar-refractivity contribution in [3.05, 3.63) is 72.0 Å². The summed E-state index contributed by atoms with van der Waals surface area (Å²) >= 11 is 1.18. The molecule has 0 saturated carbocycles. The highest BCUT2D eigenvalue weighted by Gasteiger charge is 2.22. The van der Waals surface area contributed by atoms with Gasteiger partial charge in [0.2, 0.25) is 0 Å². The molecule has 146 valence electrons. The Morgan fingerprint density at radius 1 is 1.17 bits per heavy atom. The van der Waals surface area contributed by atoms with E-state index in [-0.39, 0.29) is 18.4 Å². The van der Waals surface area contributed by atoms with Gasteiger partial charge in [-0.25, -0.2) is 9.37 Å². The fourth-order valence-corrected chi connectivity index (χ4v) is 3.73. The van der Waals surface area contributed by atoms with Crippen molar-refractivity contribution >= 4 is 17.7 Å². The number of hydrogen-bond donors (Lipinski definition) is 0. The van der Waals surface area contributed by atoms with E-state index in [1.54, 1.807) is 26.0 Å². The van der Waals surface area contributed by atoms with Crippen LogP contribution in [0.4, 0.5) is 4.39 Å². The van der Waals surface area contributed by atoms with Crippen LogP contribution in [0.1, 0.15) is 19.4 Å². The number of nitrogens with zero attached hydrogens (tertiary/aromatic N) is 2. The summed E-state index contributed by atoms with van der Waals surface area (Å²) in [4.78, 5) is 16.8. The van der Waals surface area contributed by atoms with Crippen molar-refractivity contribution in [2.45, 2.75) is 24.1 Å². The van der Waals surface area contributed by atoms with Crippen molar-refractivity contribution in [2.24, 2.45) is 0 Å². The SMILES string of the molecule is CCOC(=O)[C@@H](C)Sc1nc(-c2ccccc2)cc(-c2ccc(F)cc2)c1C#N. The minimum atomic E-state index is -0.526.